The summed E-state index contributed by atoms with van der Waals surface area (Å²) in [5.74, 6) is 1.41. The molecule has 1 heterocycles. The first kappa shape index (κ1) is 10.7. The lowest BCUT2D eigenvalue weighted by Crippen LogP contribution is -2.24. The monoisotopic (exact) mass is 237 g/mol. The Balaban J connectivity index is 2.11. The van der Waals surface area contributed by atoms with Gasteiger partial charge in [0.2, 0.25) is 0 Å². The molecule has 0 amide bonds. The molecule has 3 heteroatoms. The number of rotatable bonds is 0. The first-order valence-electron chi connectivity index (χ1n) is 5.75. The highest BCUT2D eigenvalue weighted by Crippen LogP contribution is 2.30. The highest BCUT2D eigenvalue weighted by atomic mass is 16.7. The third-order valence-electron chi connectivity index (χ3n) is 2.90. The van der Waals surface area contributed by atoms with Gasteiger partial charge in [0, 0.05) is 6.42 Å². The van der Waals surface area contributed by atoms with E-state index in [0.29, 0.717) is 11.5 Å². The zero-order chi connectivity index (χ0) is 12.4. The summed E-state index contributed by atoms with van der Waals surface area (Å²) in [6.07, 6.45) is -0.169. The number of ether oxygens (including phenoxy) is 2. The van der Waals surface area contributed by atoms with Gasteiger partial charge in [0.15, 0.2) is 6.07 Å². The molecular formula is C15H11NO2. The van der Waals surface area contributed by atoms with Crippen molar-refractivity contribution in [3.05, 3.63) is 59.7 Å². The van der Waals surface area contributed by atoms with Crippen LogP contribution in [0.3, 0.4) is 0 Å². The van der Waals surface area contributed by atoms with E-state index in [0.717, 1.165) is 17.5 Å². The predicted molar refractivity (Wildman–Crippen MR) is 66.3 cm³/mol. The Morgan fingerprint density at radius 1 is 0.889 bits per heavy atom. The maximum absolute atomic E-state index is 9.06. The third kappa shape index (κ3) is 1.89. The van der Waals surface area contributed by atoms with E-state index >= 15 is 0 Å². The largest absolute Gasteiger partial charge is 0.442 e. The van der Waals surface area contributed by atoms with Crippen LogP contribution < -0.4 is 9.47 Å². The first-order valence-corrected chi connectivity index (χ1v) is 5.75. The molecule has 2 aromatic carbocycles. The number of fused-ring (bicyclic) bond motifs is 2. The minimum Gasteiger partial charge on any atom is -0.442 e. The van der Waals surface area contributed by atoms with Crippen LogP contribution >= 0.6 is 0 Å². The Morgan fingerprint density at radius 3 is 1.89 bits per heavy atom. The van der Waals surface area contributed by atoms with E-state index in [9.17, 15) is 0 Å². The molecule has 88 valence electrons. The van der Waals surface area contributed by atoms with Crippen molar-refractivity contribution in [2.45, 2.75) is 12.7 Å². The fourth-order valence-corrected chi connectivity index (χ4v) is 2.04. The molecule has 3 nitrogen and oxygen atoms in total. The van der Waals surface area contributed by atoms with Crippen molar-refractivity contribution >= 4 is 0 Å². The second kappa shape index (κ2) is 4.42. The summed E-state index contributed by atoms with van der Waals surface area (Å²) in [5.41, 5.74) is 2.13. The molecule has 0 radical (unpaired) electrons. The molecule has 0 saturated heterocycles. The standard InChI is InChI=1S/C15H11NO2/c16-10-15-17-13-7-3-1-5-11(13)9-12-6-2-4-8-14(12)18-15/h1-8,15H,9H2. The van der Waals surface area contributed by atoms with Gasteiger partial charge in [-0.15, -0.1) is 0 Å². The first-order chi connectivity index (χ1) is 8.86. The van der Waals surface area contributed by atoms with Crippen molar-refractivity contribution < 1.29 is 9.47 Å². The van der Waals surface area contributed by atoms with Crippen LogP contribution in [0.2, 0.25) is 0 Å². The van der Waals surface area contributed by atoms with E-state index in [2.05, 4.69) is 0 Å². The number of hydrogen-bond donors (Lipinski definition) is 0. The highest BCUT2D eigenvalue weighted by molar-refractivity contribution is 5.43. The summed E-state index contributed by atoms with van der Waals surface area (Å²) < 4.78 is 11.1. The van der Waals surface area contributed by atoms with Crippen LogP contribution in [0.15, 0.2) is 48.5 Å². The number of hydrogen-bond acceptors (Lipinski definition) is 3. The van der Waals surface area contributed by atoms with Crippen molar-refractivity contribution in [1.82, 2.24) is 0 Å². The molecule has 1 aliphatic heterocycles. The maximum Gasteiger partial charge on any atom is 0.331 e. The van der Waals surface area contributed by atoms with Crippen molar-refractivity contribution in [1.29, 1.82) is 5.26 Å². The van der Waals surface area contributed by atoms with Gasteiger partial charge in [-0.1, -0.05) is 36.4 Å². The van der Waals surface area contributed by atoms with Gasteiger partial charge in [-0.2, -0.15) is 5.26 Å². The molecule has 0 bridgehead atoms. The Hall–Kier alpha value is -2.47. The molecule has 0 aliphatic carbocycles. The van der Waals surface area contributed by atoms with Crippen molar-refractivity contribution in [2.75, 3.05) is 0 Å². The molecule has 1 aliphatic rings. The minimum atomic E-state index is -0.910. The van der Waals surface area contributed by atoms with Gasteiger partial charge in [-0.05, 0) is 23.3 Å². The lowest BCUT2D eigenvalue weighted by Gasteiger charge is -2.21. The lowest BCUT2D eigenvalue weighted by atomic mass is 10.0. The predicted octanol–water partition coefficient (Wildman–Crippen LogP) is 2.90. The van der Waals surface area contributed by atoms with E-state index in [1.807, 2.05) is 54.6 Å². The van der Waals surface area contributed by atoms with Gasteiger partial charge in [0.05, 0.1) is 0 Å². The summed E-state index contributed by atoms with van der Waals surface area (Å²) in [5, 5.41) is 9.06. The summed E-state index contributed by atoms with van der Waals surface area (Å²) in [6, 6.07) is 17.5. The summed E-state index contributed by atoms with van der Waals surface area (Å²) in [4.78, 5) is 0. The van der Waals surface area contributed by atoms with Gasteiger partial charge in [-0.25, -0.2) is 0 Å². The number of para-hydroxylation sites is 2. The maximum atomic E-state index is 9.06. The molecular weight excluding hydrogens is 226 g/mol. The van der Waals surface area contributed by atoms with E-state index in [1.165, 1.54) is 0 Å². The van der Waals surface area contributed by atoms with Gasteiger partial charge < -0.3 is 9.47 Å². The quantitative estimate of drug-likeness (QED) is 0.707. The van der Waals surface area contributed by atoms with Gasteiger partial charge in [-0.3, -0.25) is 0 Å². The Morgan fingerprint density at radius 2 is 1.39 bits per heavy atom. The lowest BCUT2D eigenvalue weighted by molar-refractivity contribution is 0.0501. The van der Waals surface area contributed by atoms with E-state index in [1.54, 1.807) is 0 Å². The second-order valence-electron chi connectivity index (χ2n) is 4.09. The minimum absolute atomic E-state index is 0.707. The van der Waals surface area contributed by atoms with Crippen molar-refractivity contribution in [3.8, 4) is 17.6 Å². The molecule has 0 fully saturated rings. The second-order valence-corrected chi connectivity index (χ2v) is 4.09. The molecule has 3 rings (SSSR count). The van der Waals surface area contributed by atoms with Crippen LogP contribution in [0.1, 0.15) is 11.1 Å². The van der Waals surface area contributed by atoms with Crippen LogP contribution in [0.5, 0.6) is 11.5 Å². The number of nitriles is 1. The Labute approximate surface area is 105 Å². The summed E-state index contributed by atoms with van der Waals surface area (Å²) in [6.45, 7) is 0. The normalized spacial score (nSPS) is 13.9. The van der Waals surface area contributed by atoms with Crippen molar-refractivity contribution in [3.63, 3.8) is 0 Å². The average molecular weight is 237 g/mol. The molecule has 0 N–H and O–H groups in total. The molecule has 18 heavy (non-hydrogen) atoms. The fourth-order valence-electron chi connectivity index (χ4n) is 2.04. The third-order valence-corrected chi connectivity index (χ3v) is 2.90. The molecule has 0 atom stereocenters. The molecule has 0 saturated carbocycles. The van der Waals surface area contributed by atoms with Crippen LogP contribution in [-0.4, -0.2) is 6.29 Å². The van der Waals surface area contributed by atoms with Crippen LogP contribution in [0.4, 0.5) is 0 Å². The molecule has 0 spiro atoms. The number of nitrogens with zero attached hydrogens (tertiary/aromatic N) is 1. The topological polar surface area (TPSA) is 42.2 Å². The molecule has 2 aromatic rings. The van der Waals surface area contributed by atoms with Crippen LogP contribution in [-0.2, 0) is 6.42 Å². The SMILES string of the molecule is N#CC1Oc2ccccc2Cc2ccccc2O1. The average Bonchev–Trinajstić information content (AvgIpc) is 2.39. The van der Waals surface area contributed by atoms with Crippen molar-refractivity contribution in [2.24, 2.45) is 0 Å². The smallest absolute Gasteiger partial charge is 0.331 e. The highest BCUT2D eigenvalue weighted by Gasteiger charge is 2.19. The number of benzene rings is 2. The summed E-state index contributed by atoms with van der Waals surface area (Å²) in [7, 11) is 0. The zero-order valence-electron chi connectivity index (χ0n) is 9.67. The Bertz CT molecular complexity index is 568. The van der Waals surface area contributed by atoms with Crippen LogP contribution in [0, 0.1) is 11.3 Å². The molecule has 0 aromatic heterocycles. The van der Waals surface area contributed by atoms with Gasteiger partial charge in [0.1, 0.15) is 11.5 Å². The van der Waals surface area contributed by atoms with E-state index in [4.69, 9.17) is 14.7 Å². The van der Waals surface area contributed by atoms with E-state index in [-0.39, 0.29) is 0 Å². The Kier molecular flexibility index (Phi) is 2.62. The summed E-state index contributed by atoms with van der Waals surface area (Å²) >= 11 is 0. The molecule has 0 unspecified atom stereocenters. The van der Waals surface area contributed by atoms with Gasteiger partial charge in [0.25, 0.3) is 0 Å². The van der Waals surface area contributed by atoms with E-state index < -0.39 is 6.29 Å². The van der Waals surface area contributed by atoms with Gasteiger partial charge >= 0.3 is 6.29 Å². The van der Waals surface area contributed by atoms with Crippen LogP contribution in [0.25, 0.3) is 0 Å². The fraction of sp³-hybridized carbons (Fsp3) is 0.133. The zero-order valence-corrected chi connectivity index (χ0v) is 9.67.